The van der Waals surface area contributed by atoms with Gasteiger partial charge in [0.1, 0.15) is 5.82 Å². The molecular weight excluding hydrogens is 399 g/mol. The molecule has 8 heteroatoms. The third-order valence-electron chi connectivity index (χ3n) is 3.82. The van der Waals surface area contributed by atoms with Gasteiger partial charge in [-0.2, -0.15) is 0 Å². The van der Waals surface area contributed by atoms with Crippen LogP contribution < -0.4 is 14.8 Å². The molecule has 0 aliphatic carbocycles. The Morgan fingerprint density at radius 2 is 2.03 bits per heavy atom. The van der Waals surface area contributed by atoms with Gasteiger partial charge in [-0.25, -0.2) is 4.39 Å². The first kappa shape index (κ1) is 22.2. The average Bonchev–Trinajstić information content (AvgIpc) is 2.66. The monoisotopic (exact) mass is 420 g/mol. The van der Waals surface area contributed by atoms with Crippen LogP contribution in [0.1, 0.15) is 12.5 Å². The minimum atomic E-state index is -0.459. The van der Waals surface area contributed by atoms with Crippen LogP contribution in [-0.4, -0.2) is 44.0 Å². The molecule has 2 amide bonds. The second-order valence-corrected chi connectivity index (χ2v) is 6.46. The van der Waals surface area contributed by atoms with Gasteiger partial charge in [-0.3, -0.25) is 9.59 Å². The number of hydrogen-bond acceptors (Lipinski definition) is 4. The van der Waals surface area contributed by atoms with Crippen LogP contribution in [0, 0.1) is 5.82 Å². The third kappa shape index (κ3) is 6.50. The molecule has 0 heterocycles. The number of ether oxygens (including phenoxy) is 2. The summed E-state index contributed by atoms with van der Waals surface area (Å²) in [5.41, 5.74) is 0.966. The van der Waals surface area contributed by atoms with E-state index in [1.165, 1.54) is 43.3 Å². The maximum absolute atomic E-state index is 13.2. The smallest absolute Gasteiger partial charge is 0.246 e. The summed E-state index contributed by atoms with van der Waals surface area (Å²) in [5, 5.41) is 2.89. The number of nitrogens with zero attached hydrogens (tertiary/aromatic N) is 1. The molecule has 1 N–H and O–H groups in total. The first-order valence-corrected chi connectivity index (χ1v) is 9.20. The molecule has 0 unspecified atom stereocenters. The number of carbonyl (C=O) groups excluding carboxylic acids is 2. The number of anilines is 1. The van der Waals surface area contributed by atoms with Crippen molar-refractivity contribution < 1.29 is 23.5 Å². The van der Waals surface area contributed by atoms with Crippen LogP contribution in [0.25, 0.3) is 6.08 Å². The van der Waals surface area contributed by atoms with E-state index in [9.17, 15) is 14.0 Å². The van der Waals surface area contributed by atoms with Gasteiger partial charge in [0.2, 0.25) is 11.8 Å². The van der Waals surface area contributed by atoms with Crippen molar-refractivity contribution in [3.8, 4) is 11.5 Å². The van der Waals surface area contributed by atoms with Crippen molar-refractivity contribution in [3.63, 3.8) is 0 Å². The van der Waals surface area contributed by atoms with E-state index < -0.39 is 11.7 Å². The highest BCUT2D eigenvalue weighted by Gasteiger charge is 2.13. The molecule has 2 aromatic carbocycles. The number of hydrogen-bond donors (Lipinski definition) is 1. The second kappa shape index (κ2) is 10.5. The topological polar surface area (TPSA) is 67.9 Å². The summed E-state index contributed by atoms with van der Waals surface area (Å²) in [7, 11) is 2.98. The van der Waals surface area contributed by atoms with Crippen molar-refractivity contribution in [2.75, 3.05) is 32.6 Å². The molecule has 0 aliphatic heterocycles. The van der Waals surface area contributed by atoms with Gasteiger partial charge in [0, 0.05) is 18.8 Å². The molecule has 0 radical (unpaired) electrons. The molecule has 0 aromatic heterocycles. The van der Waals surface area contributed by atoms with Gasteiger partial charge >= 0.3 is 0 Å². The third-order valence-corrected chi connectivity index (χ3v) is 4.10. The highest BCUT2D eigenvalue weighted by atomic mass is 35.5. The lowest BCUT2D eigenvalue weighted by atomic mass is 10.2. The number of amides is 2. The minimum Gasteiger partial charge on any atom is -0.491 e. The van der Waals surface area contributed by atoms with Crippen molar-refractivity contribution in [1.82, 2.24) is 4.90 Å². The van der Waals surface area contributed by atoms with Crippen LogP contribution in [-0.2, 0) is 9.59 Å². The number of halogens is 2. The Balaban J connectivity index is 2.01. The van der Waals surface area contributed by atoms with Crippen molar-refractivity contribution in [2.24, 2.45) is 0 Å². The summed E-state index contributed by atoms with van der Waals surface area (Å²) in [5.74, 6) is -0.393. The van der Waals surface area contributed by atoms with Gasteiger partial charge in [0.15, 0.2) is 11.5 Å². The van der Waals surface area contributed by atoms with Gasteiger partial charge in [-0.1, -0.05) is 17.7 Å². The highest BCUT2D eigenvalue weighted by molar-refractivity contribution is 6.32. The molecule has 154 valence electrons. The summed E-state index contributed by atoms with van der Waals surface area (Å²) in [6, 6.07) is 8.87. The summed E-state index contributed by atoms with van der Waals surface area (Å²) in [6.45, 7) is 2.08. The Bertz CT molecular complexity index is 918. The lowest BCUT2D eigenvalue weighted by Gasteiger charge is -2.15. The van der Waals surface area contributed by atoms with Crippen molar-refractivity contribution in [1.29, 1.82) is 0 Å². The Labute approximate surface area is 173 Å². The summed E-state index contributed by atoms with van der Waals surface area (Å²) < 4.78 is 23.9. The van der Waals surface area contributed by atoms with Crippen molar-refractivity contribution >= 4 is 35.2 Å². The van der Waals surface area contributed by atoms with Crippen LogP contribution in [0.2, 0.25) is 5.02 Å². The van der Waals surface area contributed by atoms with E-state index in [-0.39, 0.29) is 12.5 Å². The van der Waals surface area contributed by atoms with Gasteiger partial charge in [0.05, 0.1) is 25.3 Å². The minimum absolute atomic E-state index is 0.187. The number of carbonyl (C=O) groups is 2. The van der Waals surface area contributed by atoms with Gasteiger partial charge in [-0.15, -0.1) is 0 Å². The van der Waals surface area contributed by atoms with Gasteiger partial charge in [-0.05, 0) is 48.9 Å². The zero-order valence-corrected chi connectivity index (χ0v) is 17.1. The number of methoxy groups -OCH3 is 1. The first-order chi connectivity index (χ1) is 13.8. The van der Waals surface area contributed by atoms with E-state index in [1.54, 1.807) is 24.3 Å². The lowest BCUT2D eigenvalue weighted by Crippen LogP contribution is -2.33. The van der Waals surface area contributed by atoms with E-state index >= 15 is 0 Å². The van der Waals surface area contributed by atoms with Crippen LogP contribution >= 0.6 is 11.6 Å². The molecule has 0 saturated heterocycles. The second-order valence-electron chi connectivity index (χ2n) is 6.05. The standard InChI is InChI=1S/C21H22ClFN2O4/c1-4-29-18-11-14(10-17(22)21(18)28-3)8-9-20(27)25(2)13-19(26)24-16-7-5-6-15(23)12-16/h5-12H,4,13H2,1-3H3,(H,24,26)/b9-8+. The Hall–Kier alpha value is -3.06. The number of rotatable bonds is 8. The molecule has 2 rings (SSSR count). The number of likely N-dealkylation sites (N-methyl/N-ethyl adjacent to an activating group) is 1. The highest BCUT2D eigenvalue weighted by Crippen LogP contribution is 2.36. The Kier molecular flexibility index (Phi) is 8.03. The normalized spacial score (nSPS) is 10.7. The molecule has 6 nitrogen and oxygen atoms in total. The van der Waals surface area contributed by atoms with Crippen LogP contribution in [0.4, 0.5) is 10.1 Å². The SMILES string of the molecule is CCOc1cc(/C=C/C(=O)N(C)CC(=O)Nc2cccc(F)c2)cc(Cl)c1OC. The van der Waals surface area contributed by atoms with E-state index in [0.717, 1.165) is 0 Å². The summed E-state index contributed by atoms with van der Waals surface area (Å²) in [4.78, 5) is 25.6. The number of nitrogens with one attached hydrogen (secondary N) is 1. The van der Waals surface area contributed by atoms with Gasteiger partial charge < -0.3 is 19.7 Å². The molecule has 0 spiro atoms. The van der Waals surface area contributed by atoms with Crippen LogP contribution in [0.15, 0.2) is 42.5 Å². The predicted octanol–water partition coefficient (Wildman–Crippen LogP) is 4.00. The zero-order valence-electron chi connectivity index (χ0n) is 16.4. The van der Waals surface area contributed by atoms with E-state index in [0.29, 0.717) is 34.4 Å². The molecule has 0 bridgehead atoms. The predicted molar refractivity (Wildman–Crippen MR) is 111 cm³/mol. The van der Waals surface area contributed by atoms with E-state index in [4.69, 9.17) is 21.1 Å². The molecule has 0 atom stereocenters. The fourth-order valence-electron chi connectivity index (χ4n) is 2.50. The molecular formula is C21H22ClFN2O4. The fraction of sp³-hybridized carbons (Fsp3) is 0.238. The van der Waals surface area contributed by atoms with Gasteiger partial charge in [0.25, 0.3) is 0 Å². The number of benzene rings is 2. The first-order valence-electron chi connectivity index (χ1n) is 8.83. The van der Waals surface area contributed by atoms with E-state index in [2.05, 4.69) is 5.32 Å². The fourth-order valence-corrected chi connectivity index (χ4v) is 2.80. The summed E-state index contributed by atoms with van der Waals surface area (Å²) >= 11 is 6.19. The molecule has 2 aromatic rings. The maximum atomic E-state index is 13.2. The van der Waals surface area contributed by atoms with Crippen LogP contribution in [0.5, 0.6) is 11.5 Å². The van der Waals surface area contributed by atoms with Crippen molar-refractivity contribution in [2.45, 2.75) is 6.92 Å². The molecule has 0 saturated carbocycles. The lowest BCUT2D eigenvalue weighted by molar-refractivity contribution is -0.129. The molecule has 29 heavy (non-hydrogen) atoms. The largest absolute Gasteiger partial charge is 0.491 e. The van der Waals surface area contributed by atoms with E-state index in [1.807, 2.05) is 6.92 Å². The van der Waals surface area contributed by atoms with Crippen LogP contribution in [0.3, 0.4) is 0 Å². The quantitative estimate of drug-likeness (QED) is 0.655. The zero-order chi connectivity index (χ0) is 21.4. The van der Waals surface area contributed by atoms with Crippen molar-refractivity contribution in [3.05, 3.63) is 58.9 Å². The Morgan fingerprint density at radius 3 is 2.69 bits per heavy atom. The summed E-state index contributed by atoms with van der Waals surface area (Å²) in [6.07, 6.45) is 2.89. The Morgan fingerprint density at radius 1 is 1.28 bits per heavy atom. The molecule has 0 aliphatic rings. The maximum Gasteiger partial charge on any atom is 0.246 e. The average molecular weight is 421 g/mol. The molecule has 0 fully saturated rings.